The van der Waals surface area contributed by atoms with Gasteiger partial charge < -0.3 is 19.7 Å². The molecule has 1 fully saturated rings. The van der Waals surface area contributed by atoms with Crippen LogP contribution in [0.15, 0.2) is 72.9 Å². The Bertz CT molecular complexity index is 1070. The van der Waals surface area contributed by atoms with E-state index in [4.69, 9.17) is 19.8 Å². The van der Waals surface area contributed by atoms with Crippen LogP contribution >= 0.6 is 0 Å². The molecule has 1 aliphatic heterocycles. The van der Waals surface area contributed by atoms with Gasteiger partial charge in [0, 0.05) is 57.2 Å². The van der Waals surface area contributed by atoms with Crippen LogP contribution in [0.3, 0.4) is 0 Å². The smallest absolute Gasteiger partial charge is 0.414 e. The lowest BCUT2D eigenvalue weighted by atomic mass is 10.0. The summed E-state index contributed by atoms with van der Waals surface area (Å²) in [4.78, 5) is 35.4. The maximum atomic E-state index is 12.8. The molecule has 3 aromatic rings. The van der Waals surface area contributed by atoms with Crippen molar-refractivity contribution in [2.75, 3.05) is 26.2 Å². The SMILES string of the molecule is Cn1cccc1CN1CCN(C(=O)c2ccc(-c3ccccc3)cc2)CC1.O=C(O)C(=O)O. The molecule has 0 bridgehead atoms. The highest BCUT2D eigenvalue weighted by molar-refractivity contribution is 6.27. The topological polar surface area (TPSA) is 103 Å². The third-order valence-corrected chi connectivity index (χ3v) is 5.52. The van der Waals surface area contributed by atoms with E-state index in [-0.39, 0.29) is 5.91 Å². The number of hydrogen-bond acceptors (Lipinski definition) is 4. The molecule has 2 N–H and O–H groups in total. The van der Waals surface area contributed by atoms with Gasteiger partial charge in [-0.05, 0) is 35.4 Å². The number of aryl methyl sites for hydroxylation is 1. The number of carboxylic acid groups (broad SMARTS) is 2. The van der Waals surface area contributed by atoms with Gasteiger partial charge in [0.25, 0.3) is 5.91 Å². The summed E-state index contributed by atoms with van der Waals surface area (Å²) in [7, 11) is 2.08. The molecular formula is C25H27N3O5. The van der Waals surface area contributed by atoms with Crippen molar-refractivity contribution in [1.29, 1.82) is 0 Å². The molecule has 0 unspecified atom stereocenters. The molecule has 33 heavy (non-hydrogen) atoms. The van der Waals surface area contributed by atoms with Gasteiger partial charge in [-0.2, -0.15) is 0 Å². The summed E-state index contributed by atoms with van der Waals surface area (Å²) in [5.41, 5.74) is 4.39. The molecule has 172 valence electrons. The van der Waals surface area contributed by atoms with Crippen molar-refractivity contribution in [3.63, 3.8) is 0 Å². The number of nitrogens with zero attached hydrogens (tertiary/aromatic N) is 3. The average molecular weight is 450 g/mol. The fraction of sp³-hybridized carbons (Fsp3) is 0.240. The number of rotatable bonds is 4. The van der Waals surface area contributed by atoms with Gasteiger partial charge in [0.2, 0.25) is 0 Å². The molecule has 8 heteroatoms. The number of carbonyl (C=O) groups is 3. The van der Waals surface area contributed by atoms with Crippen LogP contribution in [0.1, 0.15) is 16.1 Å². The van der Waals surface area contributed by atoms with E-state index in [0.717, 1.165) is 43.9 Å². The fourth-order valence-corrected chi connectivity index (χ4v) is 3.62. The number of benzene rings is 2. The Labute approximate surface area is 192 Å². The second kappa shape index (κ2) is 11.1. The van der Waals surface area contributed by atoms with E-state index >= 15 is 0 Å². The van der Waals surface area contributed by atoms with Crippen LogP contribution in [-0.2, 0) is 23.2 Å². The summed E-state index contributed by atoms with van der Waals surface area (Å²) in [6.07, 6.45) is 2.08. The van der Waals surface area contributed by atoms with Gasteiger partial charge in [0.1, 0.15) is 0 Å². The van der Waals surface area contributed by atoms with E-state index in [2.05, 4.69) is 47.0 Å². The van der Waals surface area contributed by atoms with Crippen molar-refractivity contribution in [1.82, 2.24) is 14.4 Å². The molecule has 8 nitrogen and oxygen atoms in total. The minimum absolute atomic E-state index is 0.133. The highest BCUT2D eigenvalue weighted by Crippen LogP contribution is 2.20. The van der Waals surface area contributed by atoms with Crippen LogP contribution in [0.5, 0.6) is 0 Å². The molecule has 1 aliphatic rings. The van der Waals surface area contributed by atoms with Gasteiger partial charge in [-0.1, -0.05) is 42.5 Å². The first-order chi connectivity index (χ1) is 15.8. The van der Waals surface area contributed by atoms with Crippen molar-refractivity contribution in [2.24, 2.45) is 7.05 Å². The van der Waals surface area contributed by atoms with Crippen LogP contribution < -0.4 is 0 Å². The highest BCUT2D eigenvalue weighted by atomic mass is 16.4. The molecule has 0 aliphatic carbocycles. The molecular weight excluding hydrogens is 422 g/mol. The van der Waals surface area contributed by atoms with E-state index < -0.39 is 11.9 Å². The van der Waals surface area contributed by atoms with E-state index in [1.807, 2.05) is 47.4 Å². The van der Waals surface area contributed by atoms with Crippen molar-refractivity contribution in [3.05, 3.63) is 84.2 Å². The van der Waals surface area contributed by atoms with Gasteiger partial charge in [0.15, 0.2) is 0 Å². The van der Waals surface area contributed by atoms with Crippen LogP contribution in [0.25, 0.3) is 11.1 Å². The highest BCUT2D eigenvalue weighted by Gasteiger charge is 2.22. The summed E-state index contributed by atoms with van der Waals surface area (Å²) >= 11 is 0. The Morgan fingerprint density at radius 1 is 0.758 bits per heavy atom. The number of piperazine rings is 1. The van der Waals surface area contributed by atoms with Crippen molar-refractivity contribution in [2.45, 2.75) is 6.54 Å². The fourth-order valence-electron chi connectivity index (χ4n) is 3.62. The first-order valence-electron chi connectivity index (χ1n) is 10.6. The molecule has 1 amide bonds. The third kappa shape index (κ3) is 6.54. The molecule has 2 aromatic carbocycles. The molecule has 0 atom stereocenters. The Morgan fingerprint density at radius 3 is 1.85 bits per heavy atom. The zero-order chi connectivity index (χ0) is 23.8. The maximum absolute atomic E-state index is 12.8. The number of aliphatic carboxylic acids is 2. The monoisotopic (exact) mass is 449 g/mol. The summed E-state index contributed by atoms with van der Waals surface area (Å²) in [5, 5.41) is 14.8. The van der Waals surface area contributed by atoms with Crippen molar-refractivity contribution in [3.8, 4) is 11.1 Å². The van der Waals surface area contributed by atoms with Crippen LogP contribution in [0.4, 0.5) is 0 Å². The van der Waals surface area contributed by atoms with Crippen molar-refractivity contribution < 1.29 is 24.6 Å². The van der Waals surface area contributed by atoms with Gasteiger partial charge in [-0.25, -0.2) is 9.59 Å². The predicted molar refractivity (Wildman–Crippen MR) is 124 cm³/mol. The second-order valence-corrected chi connectivity index (χ2v) is 7.73. The predicted octanol–water partition coefficient (Wildman–Crippen LogP) is 2.81. The van der Waals surface area contributed by atoms with Crippen LogP contribution in [0.2, 0.25) is 0 Å². The number of amides is 1. The molecule has 0 saturated carbocycles. The summed E-state index contributed by atoms with van der Waals surface area (Å²) in [6, 6.07) is 22.4. The summed E-state index contributed by atoms with van der Waals surface area (Å²) in [6.45, 7) is 4.34. The van der Waals surface area contributed by atoms with Crippen molar-refractivity contribution >= 4 is 17.8 Å². The number of carboxylic acids is 2. The molecule has 0 spiro atoms. The summed E-state index contributed by atoms with van der Waals surface area (Å²) < 4.78 is 2.16. The molecule has 1 saturated heterocycles. The number of carbonyl (C=O) groups excluding carboxylic acids is 1. The van der Waals surface area contributed by atoms with Gasteiger partial charge in [-0.3, -0.25) is 9.69 Å². The Kier molecular flexibility index (Phi) is 7.99. The van der Waals surface area contributed by atoms with Gasteiger partial charge >= 0.3 is 11.9 Å². The molecule has 4 rings (SSSR count). The lowest BCUT2D eigenvalue weighted by molar-refractivity contribution is -0.159. The lowest BCUT2D eigenvalue weighted by Gasteiger charge is -2.34. The molecule has 0 radical (unpaired) electrons. The van der Waals surface area contributed by atoms with E-state index in [1.165, 1.54) is 11.3 Å². The Hall–Kier alpha value is -3.91. The Morgan fingerprint density at radius 2 is 1.33 bits per heavy atom. The zero-order valence-corrected chi connectivity index (χ0v) is 18.4. The standard InChI is InChI=1S/C23H25N3O.C2H2O4/c1-24-13-5-8-22(24)18-25-14-16-26(17-15-25)23(27)21-11-9-20(10-12-21)19-6-3-2-4-7-19;3-1(4)2(5)6/h2-13H,14-18H2,1H3;(H,3,4)(H,5,6). The number of hydrogen-bond donors (Lipinski definition) is 2. The van der Waals surface area contributed by atoms with Crippen LogP contribution in [0, 0.1) is 0 Å². The Balaban J connectivity index is 0.000000454. The molecule has 1 aromatic heterocycles. The third-order valence-electron chi connectivity index (χ3n) is 5.52. The average Bonchev–Trinajstić information content (AvgIpc) is 3.24. The summed E-state index contributed by atoms with van der Waals surface area (Å²) in [5.74, 6) is -3.52. The minimum Gasteiger partial charge on any atom is -0.473 e. The number of aromatic nitrogens is 1. The lowest BCUT2D eigenvalue weighted by Crippen LogP contribution is -2.48. The van der Waals surface area contributed by atoms with Crippen LogP contribution in [-0.4, -0.2) is 68.6 Å². The zero-order valence-electron chi connectivity index (χ0n) is 18.4. The van der Waals surface area contributed by atoms with E-state index in [0.29, 0.717) is 0 Å². The normalized spacial score (nSPS) is 13.7. The first kappa shape index (κ1) is 23.7. The van der Waals surface area contributed by atoms with Gasteiger partial charge in [0.05, 0.1) is 0 Å². The molecule has 2 heterocycles. The van der Waals surface area contributed by atoms with E-state index in [9.17, 15) is 4.79 Å². The maximum Gasteiger partial charge on any atom is 0.414 e. The second-order valence-electron chi connectivity index (χ2n) is 7.73. The van der Waals surface area contributed by atoms with Gasteiger partial charge in [-0.15, -0.1) is 0 Å². The van der Waals surface area contributed by atoms with E-state index in [1.54, 1.807) is 0 Å². The quantitative estimate of drug-likeness (QED) is 0.594. The largest absolute Gasteiger partial charge is 0.473 e. The first-order valence-corrected chi connectivity index (χ1v) is 10.6. The minimum atomic E-state index is -1.82.